The van der Waals surface area contributed by atoms with Crippen LogP contribution in [0.25, 0.3) is 22.2 Å². The Morgan fingerprint density at radius 2 is 1.82 bits per heavy atom. The number of benzene rings is 2. The summed E-state index contributed by atoms with van der Waals surface area (Å²) < 4.78 is 26.8. The van der Waals surface area contributed by atoms with Crippen molar-refractivity contribution in [2.75, 3.05) is 0 Å². The molecular weight excluding hydrogens is 222 g/mol. The van der Waals surface area contributed by atoms with Crippen LogP contribution in [0, 0.1) is 11.6 Å². The summed E-state index contributed by atoms with van der Waals surface area (Å²) in [4.78, 5) is 0. The smallest absolute Gasteiger partial charge is 0.132 e. The first-order valence-corrected chi connectivity index (χ1v) is 5.14. The molecule has 0 saturated heterocycles. The van der Waals surface area contributed by atoms with Crippen molar-refractivity contribution in [3.63, 3.8) is 0 Å². The van der Waals surface area contributed by atoms with Crippen molar-refractivity contribution < 1.29 is 8.78 Å². The van der Waals surface area contributed by atoms with Crippen molar-refractivity contribution in [2.24, 2.45) is 0 Å². The fraction of sp³-hybridized carbons (Fsp3) is 0. The minimum absolute atomic E-state index is 0.169. The summed E-state index contributed by atoms with van der Waals surface area (Å²) in [6.45, 7) is 0. The van der Waals surface area contributed by atoms with Crippen molar-refractivity contribution in [3.05, 3.63) is 54.1 Å². The van der Waals surface area contributed by atoms with Crippen molar-refractivity contribution >= 4 is 10.9 Å². The summed E-state index contributed by atoms with van der Waals surface area (Å²) in [5.74, 6) is -0.961. The minimum atomic E-state index is -0.483. The van der Waals surface area contributed by atoms with Gasteiger partial charge in [0, 0.05) is 10.9 Å². The van der Waals surface area contributed by atoms with Crippen LogP contribution in [-0.4, -0.2) is 10.2 Å². The molecule has 1 aromatic heterocycles. The molecule has 4 heteroatoms. The molecule has 84 valence electrons. The van der Waals surface area contributed by atoms with Crippen molar-refractivity contribution in [2.45, 2.75) is 0 Å². The van der Waals surface area contributed by atoms with Crippen LogP contribution in [-0.2, 0) is 0 Å². The third kappa shape index (κ3) is 1.58. The van der Waals surface area contributed by atoms with Crippen LogP contribution in [0.1, 0.15) is 0 Å². The van der Waals surface area contributed by atoms with E-state index >= 15 is 0 Å². The number of nitrogens with zero attached hydrogens (tertiary/aromatic N) is 1. The topological polar surface area (TPSA) is 28.7 Å². The lowest BCUT2D eigenvalue weighted by molar-refractivity contribution is 0.602. The summed E-state index contributed by atoms with van der Waals surface area (Å²) >= 11 is 0. The minimum Gasteiger partial charge on any atom is -0.277 e. The zero-order valence-electron chi connectivity index (χ0n) is 8.74. The number of rotatable bonds is 1. The Labute approximate surface area is 95.9 Å². The first-order chi connectivity index (χ1) is 8.25. The summed E-state index contributed by atoms with van der Waals surface area (Å²) in [6.07, 6.45) is 0. The van der Waals surface area contributed by atoms with Gasteiger partial charge in [-0.05, 0) is 24.3 Å². The largest absolute Gasteiger partial charge is 0.277 e. The highest BCUT2D eigenvalue weighted by Crippen LogP contribution is 2.28. The van der Waals surface area contributed by atoms with Gasteiger partial charge < -0.3 is 0 Å². The molecule has 0 fully saturated rings. The zero-order valence-corrected chi connectivity index (χ0v) is 8.74. The van der Waals surface area contributed by atoms with Gasteiger partial charge in [-0.3, -0.25) is 5.10 Å². The van der Waals surface area contributed by atoms with Gasteiger partial charge in [0.25, 0.3) is 0 Å². The highest BCUT2D eigenvalue weighted by molar-refractivity contribution is 5.92. The fourth-order valence-corrected chi connectivity index (χ4v) is 1.85. The molecule has 1 N–H and O–H groups in total. The summed E-state index contributed by atoms with van der Waals surface area (Å²) in [6, 6.07) is 10.7. The maximum atomic E-state index is 13.6. The molecule has 1 heterocycles. The molecule has 2 aromatic carbocycles. The number of fused-ring (bicyclic) bond motifs is 1. The van der Waals surface area contributed by atoms with Gasteiger partial charge in [-0.15, -0.1) is 0 Å². The van der Waals surface area contributed by atoms with Gasteiger partial charge >= 0.3 is 0 Å². The molecule has 0 aliphatic carbocycles. The first kappa shape index (κ1) is 9.96. The molecule has 0 spiro atoms. The molecule has 17 heavy (non-hydrogen) atoms. The van der Waals surface area contributed by atoms with Crippen LogP contribution in [0.2, 0.25) is 0 Å². The van der Waals surface area contributed by atoms with Gasteiger partial charge in [0.15, 0.2) is 0 Å². The number of halogens is 2. The maximum Gasteiger partial charge on any atom is 0.132 e. The van der Waals surface area contributed by atoms with Gasteiger partial charge in [0.2, 0.25) is 0 Å². The normalized spacial score (nSPS) is 10.9. The maximum absolute atomic E-state index is 13.6. The van der Waals surface area contributed by atoms with E-state index in [4.69, 9.17) is 0 Å². The second-order valence-electron chi connectivity index (χ2n) is 3.74. The van der Waals surface area contributed by atoms with E-state index in [0.29, 0.717) is 5.69 Å². The average molecular weight is 230 g/mol. The lowest BCUT2D eigenvalue weighted by atomic mass is 10.1. The summed E-state index contributed by atoms with van der Waals surface area (Å²) in [7, 11) is 0. The SMILES string of the molecule is Fc1ccc(F)c(-c2n[nH]c3ccccc23)c1. The molecule has 0 amide bonds. The van der Waals surface area contributed by atoms with Gasteiger partial charge in [-0.25, -0.2) is 8.78 Å². The molecule has 2 nitrogen and oxygen atoms in total. The number of aromatic nitrogens is 2. The molecule has 3 rings (SSSR count). The van der Waals surface area contributed by atoms with Crippen LogP contribution in [0.4, 0.5) is 8.78 Å². The monoisotopic (exact) mass is 230 g/mol. The van der Waals surface area contributed by atoms with Crippen LogP contribution in [0.5, 0.6) is 0 Å². The zero-order chi connectivity index (χ0) is 11.8. The Kier molecular flexibility index (Phi) is 2.14. The third-order valence-corrected chi connectivity index (χ3v) is 2.65. The predicted molar refractivity (Wildman–Crippen MR) is 61.4 cm³/mol. The van der Waals surface area contributed by atoms with Gasteiger partial charge in [-0.1, -0.05) is 18.2 Å². The molecule has 0 unspecified atom stereocenters. The van der Waals surface area contributed by atoms with Crippen LogP contribution in [0.3, 0.4) is 0 Å². The van der Waals surface area contributed by atoms with E-state index < -0.39 is 11.6 Å². The fourth-order valence-electron chi connectivity index (χ4n) is 1.85. The lowest BCUT2D eigenvalue weighted by Gasteiger charge is -2.00. The van der Waals surface area contributed by atoms with Gasteiger partial charge in [0.1, 0.15) is 17.3 Å². The van der Waals surface area contributed by atoms with E-state index in [1.54, 1.807) is 0 Å². The standard InChI is InChI=1S/C13H8F2N2/c14-8-5-6-11(15)10(7-8)13-9-3-1-2-4-12(9)16-17-13/h1-7H,(H,16,17). The van der Waals surface area contributed by atoms with Crippen LogP contribution in [0.15, 0.2) is 42.5 Å². The quantitative estimate of drug-likeness (QED) is 0.680. The van der Waals surface area contributed by atoms with Gasteiger partial charge in [-0.2, -0.15) is 5.10 Å². The highest BCUT2D eigenvalue weighted by Gasteiger charge is 2.12. The molecule has 0 radical (unpaired) electrons. The molecule has 0 atom stereocenters. The number of hydrogen-bond acceptors (Lipinski definition) is 1. The van der Waals surface area contributed by atoms with Crippen LogP contribution < -0.4 is 0 Å². The van der Waals surface area contributed by atoms with E-state index in [1.165, 1.54) is 0 Å². The summed E-state index contributed by atoms with van der Waals surface area (Å²) in [5, 5.41) is 7.61. The van der Waals surface area contributed by atoms with E-state index in [-0.39, 0.29) is 5.56 Å². The predicted octanol–water partition coefficient (Wildman–Crippen LogP) is 3.51. The number of hydrogen-bond donors (Lipinski definition) is 1. The Hall–Kier alpha value is -2.23. The molecule has 3 aromatic rings. The molecular formula is C13H8F2N2. The summed E-state index contributed by atoms with van der Waals surface area (Å²) in [5.41, 5.74) is 1.39. The average Bonchev–Trinajstić information content (AvgIpc) is 2.76. The van der Waals surface area contributed by atoms with Crippen molar-refractivity contribution in [3.8, 4) is 11.3 Å². The Morgan fingerprint density at radius 1 is 1.00 bits per heavy atom. The number of nitrogens with one attached hydrogen (secondary N) is 1. The van der Waals surface area contributed by atoms with Crippen molar-refractivity contribution in [1.82, 2.24) is 10.2 Å². The Morgan fingerprint density at radius 3 is 2.71 bits per heavy atom. The van der Waals surface area contributed by atoms with Gasteiger partial charge in [0.05, 0.1) is 5.52 Å². The second kappa shape index (κ2) is 3.66. The van der Waals surface area contributed by atoms with E-state index in [0.717, 1.165) is 29.1 Å². The number of aromatic amines is 1. The molecule has 0 saturated carbocycles. The molecule has 0 aliphatic rings. The van der Waals surface area contributed by atoms with E-state index in [2.05, 4.69) is 10.2 Å². The highest BCUT2D eigenvalue weighted by atomic mass is 19.1. The van der Waals surface area contributed by atoms with E-state index in [9.17, 15) is 8.78 Å². The lowest BCUT2D eigenvalue weighted by Crippen LogP contribution is -1.87. The second-order valence-corrected chi connectivity index (χ2v) is 3.74. The third-order valence-electron chi connectivity index (χ3n) is 2.65. The molecule has 0 aliphatic heterocycles. The number of para-hydroxylation sites is 1. The molecule has 0 bridgehead atoms. The van der Waals surface area contributed by atoms with E-state index in [1.807, 2.05) is 24.3 Å². The number of H-pyrrole nitrogens is 1. The van der Waals surface area contributed by atoms with Crippen molar-refractivity contribution in [1.29, 1.82) is 0 Å². The van der Waals surface area contributed by atoms with Crippen LogP contribution >= 0.6 is 0 Å². The Bertz CT molecular complexity index is 689. The first-order valence-electron chi connectivity index (χ1n) is 5.14. The Balaban J connectivity index is 2.31.